The van der Waals surface area contributed by atoms with E-state index in [2.05, 4.69) is 15.3 Å². The molecule has 1 N–H and O–H groups in total. The predicted molar refractivity (Wildman–Crippen MR) is 61.2 cm³/mol. The number of nitrogens with zero attached hydrogens (tertiary/aromatic N) is 3. The third-order valence-corrected chi connectivity index (χ3v) is 2.81. The van der Waals surface area contributed by atoms with Gasteiger partial charge in [0.05, 0.1) is 5.69 Å². The second kappa shape index (κ2) is 4.57. The largest absolute Gasteiger partial charge is 0.361 e. The first-order chi connectivity index (χ1) is 7.29. The van der Waals surface area contributed by atoms with Crippen molar-refractivity contribution in [2.24, 2.45) is 0 Å². The van der Waals surface area contributed by atoms with E-state index in [4.69, 9.17) is 0 Å². The van der Waals surface area contributed by atoms with Crippen LogP contribution in [0.25, 0.3) is 0 Å². The van der Waals surface area contributed by atoms with E-state index >= 15 is 0 Å². The van der Waals surface area contributed by atoms with Crippen LogP contribution in [0.15, 0.2) is 12.4 Å². The molecule has 0 aromatic carbocycles. The van der Waals surface area contributed by atoms with Crippen molar-refractivity contribution in [2.75, 3.05) is 32.1 Å². The van der Waals surface area contributed by atoms with Gasteiger partial charge in [-0.2, -0.15) is 0 Å². The molecular weight excluding hydrogens is 188 g/mol. The molecule has 0 saturated carbocycles. The summed E-state index contributed by atoms with van der Waals surface area (Å²) in [7, 11) is 4.04. The first kappa shape index (κ1) is 10.4. The summed E-state index contributed by atoms with van der Waals surface area (Å²) >= 11 is 0. The van der Waals surface area contributed by atoms with Crippen LogP contribution in [0.3, 0.4) is 0 Å². The fraction of sp³-hybridized carbons (Fsp3) is 0.636. The molecule has 4 nitrogen and oxygen atoms in total. The van der Waals surface area contributed by atoms with E-state index in [0.717, 1.165) is 24.6 Å². The lowest BCUT2D eigenvalue weighted by molar-refractivity contribution is 0.454. The van der Waals surface area contributed by atoms with Crippen LogP contribution in [0, 0.1) is 0 Å². The van der Waals surface area contributed by atoms with Gasteiger partial charge in [0.2, 0.25) is 0 Å². The van der Waals surface area contributed by atoms with Crippen LogP contribution in [0.4, 0.5) is 5.82 Å². The molecule has 1 aromatic heterocycles. The van der Waals surface area contributed by atoms with E-state index in [1.54, 1.807) is 12.4 Å². The maximum atomic E-state index is 4.48. The average Bonchev–Trinajstić information content (AvgIpc) is 2.30. The second-order valence-electron chi connectivity index (χ2n) is 4.20. The molecule has 15 heavy (non-hydrogen) atoms. The molecule has 4 heteroatoms. The highest BCUT2D eigenvalue weighted by Gasteiger charge is 2.20. The minimum absolute atomic E-state index is 0.518. The highest BCUT2D eigenvalue weighted by Crippen LogP contribution is 2.26. The lowest BCUT2D eigenvalue weighted by Gasteiger charge is -2.25. The monoisotopic (exact) mass is 206 g/mol. The third kappa shape index (κ3) is 2.26. The molecule has 1 atom stereocenters. The number of hydrogen-bond donors (Lipinski definition) is 1. The van der Waals surface area contributed by atoms with Crippen molar-refractivity contribution in [3.63, 3.8) is 0 Å². The van der Waals surface area contributed by atoms with Gasteiger partial charge in [0.25, 0.3) is 0 Å². The van der Waals surface area contributed by atoms with Crippen LogP contribution in [-0.4, -0.2) is 37.2 Å². The Morgan fingerprint density at radius 3 is 2.80 bits per heavy atom. The molecule has 1 aliphatic heterocycles. The number of nitrogens with one attached hydrogen (secondary N) is 1. The van der Waals surface area contributed by atoms with Crippen molar-refractivity contribution < 1.29 is 0 Å². The number of anilines is 1. The van der Waals surface area contributed by atoms with E-state index in [0.29, 0.717) is 5.92 Å². The lowest BCUT2D eigenvalue weighted by Crippen LogP contribution is -2.30. The van der Waals surface area contributed by atoms with Gasteiger partial charge < -0.3 is 10.2 Å². The molecule has 0 spiro atoms. The van der Waals surface area contributed by atoms with E-state index in [9.17, 15) is 0 Å². The van der Waals surface area contributed by atoms with Crippen molar-refractivity contribution >= 4 is 5.82 Å². The summed E-state index contributed by atoms with van der Waals surface area (Å²) in [6.07, 6.45) is 5.99. The normalized spacial score (nSPS) is 21.3. The zero-order chi connectivity index (χ0) is 10.7. The first-order valence-corrected chi connectivity index (χ1v) is 5.48. The smallest absolute Gasteiger partial charge is 0.150 e. The Hall–Kier alpha value is -1.16. The quantitative estimate of drug-likeness (QED) is 0.784. The predicted octanol–water partition coefficient (Wildman–Crippen LogP) is 1.01. The van der Waals surface area contributed by atoms with Crippen molar-refractivity contribution in [1.82, 2.24) is 15.3 Å². The lowest BCUT2D eigenvalue weighted by atomic mass is 9.95. The van der Waals surface area contributed by atoms with Crippen molar-refractivity contribution in [1.29, 1.82) is 0 Å². The summed E-state index contributed by atoms with van der Waals surface area (Å²) in [5, 5.41) is 3.41. The summed E-state index contributed by atoms with van der Waals surface area (Å²) in [5.41, 5.74) is 1.13. The Balaban J connectivity index is 2.25. The summed E-state index contributed by atoms with van der Waals surface area (Å²) in [4.78, 5) is 10.9. The maximum absolute atomic E-state index is 4.48. The van der Waals surface area contributed by atoms with Crippen LogP contribution >= 0.6 is 0 Å². The Morgan fingerprint density at radius 2 is 2.13 bits per heavy atom. The number of rotatable bonds is 2. The van der Waals surface area contributed by atoms with Gasteiger partial charge in [-0.3, -0.25) is 4.98 Å². The molecule has 82 valence electrons. The van der Waals surface area contributed by atoms with Crippen LogP contribution in [0.2, 0.25) is 0 Å². The van der Waals surface area contributed by atoms with Gasteiger partial charge in [-0.15, -0.1) is 0 Å². The first-order valence-electron chi connectivity index (χ1n) is 5.48. The Kier molecular flexibility index (Phi) is 3.16. The average molecular weight is 206 g/mol. The standard InChI is InChI=1S/C11H18N4/c1-15(2)11-10(13-6-7-14-11)9-4-3-5-12-8-9/h6-7,9,12H,3-5,8H2,1-2H3/t9-/m0/s1. The SMILES string of the molecule is CN(C)c1nccnc1[C@H]1CCCNC1. The highest BCUT2D eigenvalue weighted by atomic mass is 15.1. The van der Waals surface area contributed by atoms with Crippen molar-refractivity contribution in [3.8, 4) is 0 Å². The Bertz CT molecular complexity index is 318. The molecule has 0 amide bonds. The molecule has 0 bridgehead atoms. The molecule has 0 aliphatic carbocycles. The van der Waals surface area contributed by atoms with Crippen LogP contribution in [0.1, 0.15) is 24.5 Å². The second-order valence-corrected chi connectivity index (χ2v) is 4.20. The molecule has 0 unspecified atom stereocenters. The number of piperidine rings is 1. The third-order valence-electron chi connectivity index (χ3n) is 2.81. The molecule has 1 aliphatic rings. The van der Waals surface area contributed by atoms with Crippen molar-refractivity contribution in [2.45, 2.75) is 18.8 Å². The van der Waals surface area contributed by atoms with Gasteiger partial charge >= 0.3 is 0 Å². The molecule has 0 radical (unpaired) electrons. The van der Waals surface area contributed by atoms with E-state index in [-0.39, 0.29) is 0 Å². The van der Waals surface area contributed by atoms with Crippen LogP contribution in [0.5, 0.6) is 0 Å². The number of hydrogen-bond acceptors (Lipinski definition) is 4. The summed E-state index contributed by atoms with van der Waals surface area (Å²) in [6, 6.07) is 0. The van der Waals surface area contributed by atoms with Gasteiger partial charge in [0.15, 0.2) is 0 Å². The van der Waals surface area contributed by atoms with Gasteiger partial charge in [-0.05, 0) is 19.4 Å². The van der Waals surface area contributed by atoms with Crippen molar-refractivity contribution in [3.05, 3.63) is 18.1 Å². The van der Waals surface area contributed by atoms with E-state index in [1.165, 1.54) is 12.8 Å². The van der Waals surface area contributed by atoms with Gasteiger partial charge in [0.1, 0.15) is 5.82 Å². The topological polar surface area (TPSA) is 41.1 Å². The summed E-state index contributed by atoms with van der Waals surface area (Å²) < 4.78 is 0. The molecular formula is C11H18N4. The van der Waals surface area contributed by atoms with Gasteiger partial charge in [-0.1, -0.05) is 0 Å². The molecule has 2 heterocycles. The van der Waals surface area contributed by atoms with Crippen LogP contribution < -0.4 is 10.2 Å². The zero-order valence-electron chi connectivity index (χ0n) is 9.40. The van der Waals surface area contributed by atoms with E-state index in [1.807, 2.05) is 19.0 Å². The highest BCUT2D eigenvalue weighted by molar-refractivity contribution is 5.43. The molecule has 1 fully saturated rings. The Morgan fingerprint density at radius 1 is 1.33 bits per heavy atom. The Labute approximate surface area is 90.7 Å². The molecule has 1 saturated heterocycles. The minimum Gasteiger partial charge on any atom is -0.361 e. The molecule has 1 aromatic rings. The fourth-order valence-electron chi connectivity index (χ4n) is 2.06. The number of aromatic nitrogens is 2. The fourth-order valence-corrected chi connectivity index (χ4v) is 2.06. The van der Waals surface area contributed by atoms with E-state index < -0.39 is 0 Å². The molecule has 2 rings (SSSR count). The maximum Gasteiger partial charge on any atom is 0.150 e. The summed E-state index contributed by atoms with van der Waals surface area (Å²) in [5.74, 6) is 1.52. The zero-order valence-corrected chi connectivity index (χ0v) is 9.40. The van der Waals surface area contributed by atoms with Gasteiger partial charge in [-0.25, -0.2) is 4.98 Å². The van der Waals surface area contributed by atoms with Gasteiger partial charge in [0, 0.05) is 39.0 Å². The minimum atomic E-state index is 0.518. The van der Waals surface area contributed by atoms with Crippen LogP contribution in [-0.2, 0) is 0 Å². The summed E-state index contributed by atoms with van der Waals surface area (Å²) in [6.45, 7) is 2.16.